The summed E-state index contributed by atoms with van der Waals surface area (Å²) in [6.45, 7) is 5.16. The van der Waals surface area contributed by atoms with Gasteiger partial charge in [0.15, 0.2) is 0 Å². The van der Waals surface area contributed by atoms with Crippen molar-refractivity contribution in [2.75, 3.05) is 6.61 Å². The first-order chi connectivity index (χ1) is 7.26. The van der Waals surface area contributed by atoms with Gasteiger partial charge in [0, 0.05) is 0 Å². The molecule has 0 aromatic carbocycles. The molecule has 5 nitrogen and oxygen atoms in total. The maximum absolute atomic E-state index is 11.6. The molecule has 94 valence electrons. The summed E-state index contributed by atoms with van der Waals surface area (Å²) in [6.07, 6.45) is 0.543. The Kier molecular flexibility index (Phi) is 3.80. The van der Waals surface area contributed by atoms with E-state index in [1.165, 1.54) is 0 Å². The summed E-state index contributed by atoms with van der Waals surface area (Å²) in [6, 6.07) is 0. The van der Waals surface area contributed by atoms with Crippen molar-refractivity contribution in [2.45, 2.75) is 57.3 Å². The molecule has 0 unspecified atom stereocenters. The van der Waals surface area contributed by atoms with Crippen molar-refractivity contribution in [1.82, 2.24) is 5.32 Å². The molecule has 2 atom stereocenters. The predicted molar refractivity (Wildman–Crippen MR) is 59.0 cm³/mol. The van der Waals surface area contributed by atoms with Gasteiger partial charge in [0.25, 0.3) is 0 Å². The number of rotatable bonds is 2. The minimum atomic E-state index is -0.720. The molecule has 0 aromatic heterocycles. The molecule has 0 saturated heterocycles. The largest absolute Gasteiger partial charge is 0.444 e. The van der Waals surface area contributed by atoms with Crippen LogP contribution < -0.4 is 5.32 Å². The van der Waals surface area contributed by atoms with E-state index in [9.17, 15) is 15.0 Å². The highest BCUT2D eigenvalue weighted by Gasteiger charge is 2.40. The van der Waals surface area contributed by atoms with Crippen LogP contribution in [-0.4, -0.2) is 40.2 Å². The van der Waals surface area contributed by atoms with Crippen LogP contribution in [0.4, 0.5) is 4.79 Å². The van der Waals surface area contributed by atoms with Crippen LogP contribution in [0.1, 0.15) is 40.0 Å². The van der Waals surface area contributed by atoms with Gasteiger partial charge >= 0.3 is 6.09 Å². The standard InChI is InChI=1S/C11H21NO4/c1-10(2,3)16-9(15)12-11(7-13)5-4-8(14)6-11/h8,13-14H,4-7H2,1-3H3,(H,12,15)/t8-,11-/m1/s1. The van der Waals surface area contributed by atoms with Gasteiger partial charge in [-0.3, -0.25) is 0 Å². The second-order valence-electron chi connectivity index (χ2n) is 5.46. The zero-order chi connectivity index (χ0) is 12.4. The lowest BCUT2D eigenvalue weighted by molar-refractivity contribution is 0.0387. The van der Waals surface area contributed by atoms with Gasteiger partial charge in [0.2, 0.25) is 0 Å². The number of alkyl carbamates (subject to hydrolysis) is 1. The van der Waals surface area contributed by atoms with E-state index in [0.29, 0.717) is 19.3 Å². The third-order valence-electron chi connectivity index (χ3n) is 2.65. The van der Waals surface area contributed by atoms with Crippen LogP contribution in [0.2, 0.25) is 0 Å². The molecule has 0 radical (unpaired) electrons. The number of nitrogens with one attached hydrogen (secondary N) is 1. The van der Waals surface area contributed by atoms with Crippen molar-refractivity contribution in [1.29, 1.82) is 0 Å². The molecule has 1 aliphatic rings. The van der Waals surface area contributed by atoms with Crippen LogP contribution in [0.3, 0.4) is 0 Å². The number of carbonyl (C=O) groups excluding carboxylic acids is 1. The molecule has 0 heterocycles. The van der Waals surface area contributed by atoms with Crippen LogP contribution in [-0.2, 0) is 4.74 Å². The second-order valence-corrected chi connectivity index (χ2v) is 5.46. The first kappa shape index (κ1) is 13.3. The van der Waals surface area contributed by atoms with Crippen molar-refractivity contribution < 1.29 is 19.7 Å². The highest BCUT2D eigenvalue weighted by molar-refractivity contribution is 5.69. The van der Waals surface area contributed by atoms with Gasteiger partial charge in [-0.05, 0) is 40.0 Å². The maximum atomic E-state index is 11.6. The van der Waals surface area contributed by atoms with Crippen molar-refractivity contribution in [3.05, 3.63) is 0 Å². The lowest BCUT2D eigenvalue weighted by atomic mass is 9.99. The van der Waals surface area contributed by atoms with E-state index in [0.717, 1.165) is 0 Å². The van der Waals surface area contributed by atoms with Gasteiger partial charge in [0.1, 0.15) is 5.60 Å². The molecule has 0 aliphatic heterocycles. The zero-order valence-electron chi connectivity index (χ0n) is 10.1. The lowest BCUT2D eigenvalue weighted by Gasteiger charge is -2.29. The first-order valence-corrected chi connectivity index (χ1v) is 5.56. The van der Waals surface area contributed by atoms with Crippen LogP contribution in [0.15, 0.2) is 0 Å². The average molecular weight is 231 g/mol. The Morgan fingerprint density at radius 3 is 2.56 bits per heavy atom. The summed E-state index contributed by atoms with van der Waals surface area (Å²) in [7, 11) is 0. The number of ether oxygens (including phenoxy) is 1. The fraction of sp³-hybridized carbons (Fsp3) is 0.909. The summed E-state index contributed by atoms with van der Waals surface area (Å²) in [4.78, 5) is 11.6. The highest BCUT2D eigenvalue weighted by Crippen LogP contribution is 2.29. The van der Waals surface area contributed by atoms with Gasteiger partial charge in [-0.15, -0.1) is 0 Å². The number of aliphatic hydroxyl groups excluding tert-OH is 2. The number of carbonyl (C=O) groups is 1. The van der Waals surface area contributed by atoms with Gasteiger partial charge < -0.3 is 20.3 Å². The Hall–Kier alpha value is -0.810. The lowest BCUT2D eigenvalue weighted by Crippen LogP contribution is -2.51. The van der Waals surface area contributed by atoms with Crippen LogP contribution in [0.25, 0.3) is 0 Å². The molecule has 0 aromatic rings. The van der Waals surface area contributed by atoms with E-state index in [2.05, 4.69) is 5.32 Å². The summed E-state index contributed by atoms with van der Waals surface area (Å²) in [5, 5.41) is 21.4. The predicted octanol–water partition coefficient (Wildman–Crippen LogP) is 0.787. The third-order valence-corrected chi connectivity index (χ3v) is 2.65. The number of hydrogen-bond acceptors (Lipinski definition) is 4. The Bertz CT molecular complexity index is 261. The van der Waals surface area contributed by atoms with Gasteiger partial charge in [0.05, 0.1) is 18.2 Å². The normalized spacial score (nSPS) is 30.2. The average Bonchev–Trinajstić information content (AvgIpc) is 2.44. The number of hydrogen-bond donors (Lipinski definition) is 3. The van der Waals surface area contributed by atoms with E-state index in [1.54, 1.807) is 20.8 Å². The Labute approximate surface area is 95.8 Å². The van der Waals surface area contributed by atoms with E-state index >= 15 is 0 Å². The SMILES string of the molecule is CC(C)(C)OC(=O)N[C@]1(CO)CC[C@@H](O)C1. The van der Waals surface area contributed by atoms with Crippen molar-refractivity contribution >= 4 is 6.09 Å². The van der Waals surface area contributed by atoms with Crippen molar-refractivity contribution in [2.24, 2.45) is 0 Å². The molecule has 1 amide bonds. The maximum Gasteiger partial charge on any atom is 0.408 e. The first-order valence-electron chi connectivity index (χ1n) is 5.56. The molecule has 1 rings (SSSR count). The molecular formula is C11H21NO4. The minimum absolute atomic E-state index is 0.177. The number of amides is 1. The quantitative estimate of drug-likeness (QED) is 0.656. The molecule has 3 N–H and O–H groups in total. The fourth-order valence-electron chi connectivity index (χ4n) is 1.91. The summed E-state index contributed by atoms with van der Waals surface area (Å²) >= 11 is 0. The second kappa shape index (κ2) is 4.59. The molecule has 1 aliphatic carbocycles. The Balaban J connectivity index is 2.54. The summed E-state index contributed by atoms with van der Waals surface area (Å²) < 4.78 is 5.12. The molecule has 0 spiro atoms. The van der Waals surface area contributed by atoms with E-state index in [1.807, 2.05) is 0 Å². The Morgan fingerprint density at radius 1 is 1.56 bits per heavy atom. The third kappa shape index (κ3) is 3.64. The molecule has 16 heavy (non-hydrogen) atoms. The summed E-state index contributed by atoms with van der Waals surface area (Å²) in [5.74, 6) is 0. The van der Waals surface area contributed by atoms with Crippen molar-refractivity contribution in [3.63, 3.8) is 0 Å². The minimum Gasteiger partial charge on any atom is -0.444 e. The van der Waals surface area contributed by atoms with E-state index in [-0.39, 0.29) is 6.61 Å². The van der Waals surface area contributed by atoms with Crippen LogP contribution in [0, 0.1) is 0 Å². The highest BCUT2D eigenvalue weighted by atomic mass is 16.6. The molecule has 0 bridgehead atoms. The van der Waals surface area contributed by atoms with Gasteiger partial charge in [-0.2, -0.15) is 0 Å². The van der Waals surface area contributed by atoms with Gasteiger partial charge in [-0.1, -0.05) is 0 Å². The fourth-order valence-corrected chi connectivity index (χ4v) is 1.91. The van der Waals surface area contributed by atoms with E-state index in [4.69, 9.17) is 4.74 Å². The number of aliphatic hydroxyl groups is 2. The molecule has 1 saturated carbocycles. The van der Waals surface area contributed by atoms with Gasteiger partial charge in [-0.25, -0.2) is 4.79 Å². The molecule has 5 heteroatoms. The molecular weight excluding hydrogens is 210 g/mol. The summed E-state index contributed by atoms with van der Waals surface area (Å²) in [5.41, 5.74) is -1.28. The van der Waals surface area contributed by atoms with Crippen molar-refractivity contribution in [3.8, 4) is 0 Å². The monoisotopic (exact) mass is 231 g/mol. The van der Waals surface area contributed by atoms with E-state index < -0.39 is 23.3 Å². The molecule has 1 fully saturated rings. The topological polar surface area (TPSA) is 78.8 Å². The zero-order valence-corrected chi connectivity index (χ0v) is 10.1. The van der Waals surface area contributed by atoms with Crippen LogP contribution >= 0.6 is 0 Å². The van der Waals surface area contributed by atoms with Crippen LogP contribution in [0.5, 0.6) is 0 Å². The Morgan fingerprint density at radius 2 is 2.19 bits per heavy atom. The smallest absolute Gasteiger partial charge is 0.408 e.